The summed E-state index contributed by atoms with van der Waals surface area (Å²) in [7, 11) is 0. The lowest BCUT2D eigenvalue weighted by atomic mass is 10.1. The molecule has 0 saturated heterocycles. The fraction of sp³-hybridized carbons (Fsp3) is 0.353. The molecule has 1 aliphatic heterocycles. The maximum atomic E-state index is 12.6. The van der Waals surface area contributed by atoms with Gasteiger partial charge in [0.25, 0.3) is 0 Å². The molecule has 2 aromatic rings. The Balaban J connectivity index is 1.60. The van der Waals surface area contributed by atoms with Crippen molar-refractivity contribution >= 4 is 10.9 Å². The topological polar surface area (TPSA) is 16.1 Å². The Morgan fingerprint density at radius 3 is 2.77 bits per heavy atom. The first-order chi connectivity index (χ1) is 10.5. The van der Waals surface area contributed by atoms with Crippen molar-refractivity contribution in [3.63, 3.8) is 0 Å². The van der Waals surface area contributed by atoms with Crippen LogP contribution in [-0.2, 0) is 6.42 Å². The fourth-order valence-corrected chi connectivity index (χ4v) is 2.74. The SMILES string of the molecule is FC(F)(F)C1=CCN(CCc2ccc3ncccc3c2)CC1. The molecule has 116 valence electrons. The summed E-state index contributed by atoms with van der Waals surface area (Å²) in [6.45, 7) is 1.62. The number of benzene rings is 1. The van der Waals surface area contributed by atoms with Crippen molar-refractivity contribution in [3.8, 4) is 0 Å². The van der Waals surface area contributed by atoms with Crippen LogP contribution in [0.1, 0.15) is 12.0 Å². The summed E-state index contributed by atoms with van der Waals surface area (Å²) in [6, 6.07) is 10.0. The maximum absolute atomic E-state index is 12.6. The van der Waals surface area contributed by atoms with Crippen molar-refractivity contribution in [1.29, 1.82) is 0 Å². The van der Waals surface area contributed by atoms with E-state index in [1.165, 1.54) is 11.6 Å². The van der Waals surface area contributed by atoms with Crippen molar-refractivity contribution in [2.24, 2.45) is 0 Å². The molecule has 1 aromatic carbocycles. The van der Waals surface area contributed by atoms with E-state index in [-0.39, 0.29) is 12.0 Å². The molecular weight excluding hydrogens is 289 g/mol. The number of alkyl halides is 3. The normalized spacial score (nSPS) is 16.8. The number of pyridine rings is 1. The number of nitrogens with zero attached hydrogens (tertiary/aromatic N) is 2. The van der Waals surface area contributed by atoms with Gasteiger partial charge < -0.3 is 0 Å². The number of aromatic nitrogens is 1. The number of hydrogen-bond acceptors (Lipinski definition) is 2. The van der Waals surface area contributed by atoms with Crippen LogP contribution < -0.4 is 0 Å². The van der Waals surface area contributed by atoms with Gasteiger partial charge in [-0.2, -0.15) is 13.2 Å². The van der Waals surface area contributed by atoms with Gasteiger partial charge in [0.2, 0.25) is 0 Å². The molecule has 0 unspecified atom stereocenters. The lowest BCUT2D eigenvalue weighted by Crippen LogP contribution is -2.33. The average Bonchev–Trinajstić information content (AvgIpc) is 2.52. The summed E-state index contributed by atoms with van der Waals surface area (Å²) in [5.74, 6) is 0. The largest absolute Gasteiger partial charge is 0.412 e. The molecule has 0 radical (unpaired) electrons. The minimum absolute atomic E-state index is 0.0884. The van der Waals surface area contributed by atoms with Gasteiger partial charge in [-0.1, -0.05) is 18.2 Å². The standard InChI is InChI=1S/C17H17F3N2/c18-17(19,20)15-6-10-22(11-7-15)9-5-13-3-4-16-14(12-13)2-1-8-21-16/h1-4,6,8,12H,5,7,9-11H2. The first kappa shape index (κ1) is 15.0. The van der Waals surface area contributed by atoms with Crippen LogP contribution in [0.4, 0.5) is 13.2 Å². The third-order valence-corrected chi connectivity index (χ3v) is 4.04. The molecule has 3 rings (SSSR count). The van der Waals surface area contributed by atoms with Gasteiger partial charge in [-0.3, -0.25) is 9.88 Å². The van der Waals surface area contributed by atoms with E-state index in [1.54, 1.807) is 6.20 Å². The zero-order valence-corrected chi connectivity index (χ0v) is 12.1. The lowest BCUT2D eigenvalue weighted by molar-refractivity contribution is -0.0959. The van der Waals surface area contributed by atoms with Gasteiger partial charge in [-0.25, -0.2) is 0 Å². The first-order valence-corrected chi connectivity index (χ1v) is 7.34. The van der Waals surface area contributed by atoms with Crippen molar-refractivity contribution in [3.05, 3.63) is 53.7 Å². The van der Waals surface area contributed by atoms with E-state index in [0.717, 1.165) is 23.9 Å². The van der Waals surface area contributed by atoms with Gasteiger partial charge >= 0.3 is 6.18 Å². The first-order valence-electron chi connectivity index (χ1n) is 7.34. The highest BCUT2D eigenvalue weighted by molar-refractivity contribution is 5.78. The second-order valence-electron chi connectivity index (χ2n) is 5.56. The van der Waals surface area contributed by atoms with Crippen LogP contribution in [0.3, 0.4) is 0 Å². The van der Waals surface area contributed by atoms with Crippen molar-refractivity contribution in [2.45, 2.75) is 19.0 Å². The van der Waals surface area contributed by atoms with E-state index < -0.39 is 6.18 Å². The summed E-state index contributed by atoms with van der Waals surface area (Å²) in [4.78, 5) is 6.34. The number of halogens is 3. The Morgan fingerprint density at radius 1 is 1.18 bits per heavy atom. The molecule has 0 amide bonds. The Morgan fingerprint density at radius 2 is 2.05 bits per heavy atom. The van der Waals surface area contributed by atoms with Crippen LogP contribution in [0.2, 0.25) is 0 Å². The van der Waals surface area contributed by atoms with E-state index in [1.807, 2.05) is 24.3 Å². The highest BCUT2D eigenvalue weighted by Gasteiger charge is 2.34. The molecule has 22 heavy (non-hydrogen) atoms. The number of fused-ring (bicyclic) bond motifs is 1. The van der Waals surface area contributed by atoms with Crippen LogP contribution in [0.15, 0.2) is 48.2 Å². The highest BCUT2D eigenvalue weighted by atomic mass is 19.4. The fourth-order valence-electron chi connectivity index (χ4n) is 2.74. The Hall–Kier alpha value is -1.88. The molecule has 0 atom stereocenters. The van der Waals surface area contributed by atoms with Crippen LogP contribution in [-0.4, -0.2) is 35.7 Å². The predicted molar refractivity (Wildman–Crippen MR) is 80.6 cm³/mol. The minimum atomic E-state index is -4.17. The van der Waals surface area contributed by atoms with E-state index >= 15 is 0 Å². The number of hydrogen-bond donors (Lipinski definition) is 0. The van der Waals surface area contributed by atoms with Crippen molar-refractivity contribution in [2.75, 3.05) is 19.6 Å². The second-order valence-corrected chi connectivity index (χ2v) is 5.56. The molecule has 0 saturated carbocycles. The Labute approximate surface area is 127 Å². The molecule has 1 aromatic heterocycles. The van der Waals surface area contributed by atoms with E-state index in [0.29, 0.717) is 13.1 Å². The molecule has 0 N–H and O–H groups in total. The van der Waals surface area contributed by atoms with Crippen LogP contribution in [0.25, 0.3) is 10.9 Å². The second kappa shape index (κ2) is 6.08. The summed E-state index contributed by atoms with van der Waals surface area (Å²) in [6.07, 6.45) is -0.170. The minimum Gasteiger partial charge on any atom is -0.299 e. The summed E-state index contributed by atoms with van der Waals surface area (Å²) >= 11 is 0. The Kier molecular flexibility index (Phi) is 4.16. The Bertz CT molecular complexity index is 692. The molecule has 0 fully saturated rings. The summed E-state index contributed by atoms with van der Waals surface area (Å²) in [5, 5.41) is 1.10. The van der Waals surface area contributed by atoms with E-state index in [4.69, 9.17) is 0 Å². The monoisotopic (exact) mass is 306 g/mol. The zero-order valence-electron chi connectivity index (χ0n) is 12.1. The molecular formula is C17H17F3N2. The van der Waals surface area contributed by atoms with Crippen molar-refractivity contribution < 1.29 is 13.2 Å². The van der Waals surface area contributed by atoms with Crippen LogP contribution >= 0.6 is 0 Å². The quantitative estimate of drug-likeness (QED) is 0.798. The van der Waals surface area contributed by atoms with E-state index in [9.17, 15) is 13.2 Å². The number of rotatable bonds is 3. The third kappa shape index (κ3) is 3.47. The van der Waals surface area contributed by atoms with Gasteiger partial charge in [0.15, 0.2) is 0 Å². The molecule has 0 bridgehead atoms. The van der Waals surface area contributed by atoms with Gasteiger partial charge in [0.1, 0.15) is 0 Å². The summed E-state index contributed by atoms with van der Waals surface area (Å²) in [5.41, 5.74) is 1.76. The molecule has 2 heterocycles. The molecule has 1 aliphatic rings. The molecule has 0 aliphatic carbocycles. The zero-order chi connectivity index (χ0) is 15.6. The van der Waals surface area contributed by atoms with Crippen LogP contribution in [0.5, 0.6) is 0 Å². The third-order valence-electron chi connectivity index (χ3n) is 4.04. The summed E-state index contributed by atoms with van der Waals surface area (Å²) < 4.78 is 37.7. The van der Waals surface area contributed by atoms with Crippen LogP contribution in [0, 0.1) is 0 Å². The average molecular weight is 306 g/mol. The maximum Gasteiger partial charge on any atom is 0.412 e. The molecule has 2 nitrogen and oxygen atoms in total. The highest BCUT2D eigenvalue weighted by Crippen LogP contribution is 2.30. The smallest absolute Gasteiger partial charge is 0.299 e. The van der Waals surface area contributed by atoms with Gasteiger partial charge in [0.05, 0.1) is 5.52 Å². The molecule has 5 heteroatoms. The van der Waals surface area contributed by atoms with Gasteiger partial charge in [0, 0.05) is 36.8 Å². The lowest BCUT2D eigenvalue weighted by Gasteiger charge is -2.27. The predicted octanol–water partition coefficient (Wildman–Crippen LogP) is 3.97. The van der Waals surface area contributed by atoms with Gasteiger partial charge in [-0.05, 0) is 36.6 Å². The van der Waals surface area contributed by atoms with Gasteiger partial charge in [-0.15, -0.1) is 0 Å². The van der Waals surface area contributed by atoms with Crippen molar-refractivity contribution in [1.82, 2.24) is 9.88 Å². The van der Waals surface area contributed by atoms with E-state index in [2.05, 4.69) is 16.0 Å². The molecule has 0 spiro atoms.